The summed E-state index contributed by atoms with van der Waals surface area (Å²) in [6.45, 7) is 4.14. The van der Waals surface area contributed by atoms with Crippen molar-refractivity contribution in [2.45, 2.75) is 32.6 Å². The van der Waals surface area contributed by atoms with Crippen LogP contribution >= 0.6 is 11.6 Å². The summed E-state index contributed by atoms with van der Waals surface area (Å²) >= 11 is 5.88. The minimum absolute atomic E-state index is 0.191. The van der Waals surface area contributed by atoms with E-state index in [2.05, 4.69) is 6.07 Å². The van der Waals surface area contributed by atoms with Crippen LogP contribution in [0.15, 0.2) is 12.1 Å². The summed E-state index contributed by atoms with van der Waals surface area (Å²) in [5, 5.41) is 8.97. The standard InChI is InChI=1S/C14H16ClNO2/c1-3-13-11(7-14(17)18-4-2)5-10(9-16)6-12(13)8-15/h5-6H,3-4,7-8H2,1-2H3. The average Bonchev–Trinajstić information content (AvgIpc) is 2.37. The second-order valence-electron chi connectivity index (χ2n) is 3.85. The van der Waals surface area contributed by atoms with Crippen LogP contribution in [0.4, 0.5) is 0 Å². The van der Waals surface area contributed by atoms with E-state index in [1.54, 1.807) is 19.1 Å². The summed E-state index contributed by atoms with van der Waals surface area (Å²) in [5.41, 5.74) is 3.32. The van der Waals surface area contributed by atoms with Crippen molar-refractivity contribution in [1.82, 2.24) is 0 Å². The van der Waals surface area contributed by atoms with Crippen LogP contribution in [0.3, 0.4) is 0 Å². The van der Waals surface area contributed by atoms with Gasteiger partial charge in [-0.2, -0.15) is 5.26 Å². The molecular formula is C14H16ClNO2. The topological polar surface area (TPSA) is 50.1 Å². The predicted molar refractivity (Wildman–Crippen MR) is 70.4 cm³/mol. The molecule has 0 radical (unpaired) electrons. The Hall–Kier alpha value is -1.53. The quantitative estimate of drug-likeness (QED) is 0.607. The molecule has 1 aromatic rings. The zero-order valence-electron chi connectivity index (χ0n) is 10.6. The molecule has 0 aliphatic heterocycles. The Kier molecular flexibility index (Phi) is 5.67. The first-order valence-electron chi connectivity index (χ1n) is 5.92. The highest BCUT2D eigenvalue weighted by molar-refractivity contribution is 6.17. The first-order valence-corrected chi connectivity index (χ1v) is 6.46. The fourth-order valence-corrected chi connectivity index (χ4v) is 2.20. The van der Waals surface area contributed by atoms with Crippen molar-refractivity contribution >= 4 is 17.6 Å². The molecule has 0 bridgehead atoms. The third-order valence-corrected chi connectivity index (χ3v) is 2.99. The third-order valence-electron chi connectivity index (χ3n) is 2.70. The van der Waals surface area contributed by atoms with E-state index in [1.807, 2.05) is 6.92 Å². The molecule has 0 saturated carbocycles. The van der Waals surface area contributed by atoms with E-state index < -0.39 is 0 Å². The molecule has 1 rings (SSSR count). The molecule has 0 unspecified atom stereocenters. The van der Waals surface area contributed by atoms with Gasteiger partial charge >= 0.3 is 5.97 Å². The predicted octanol–water partition coefficient (Wildman–Crippen LogP) is 2.97. The lowest BCUT2D eigenvalue weighted by Gasteiger charge is -2.12. The zero-order chi connectivity index (χ0) is 13.5. The van der Waals surface area contributed by atoms with Crippen molar-refractivity contribution in [2.75, 3.05) is 6.61 Å². The van der Waals surface area contributed by atoms with Crippen LogP contribution in [0, 0.1) is 11.3 Å². The van der Waals surface area contributed by atoms with E-state index in [9.17, 15) is 4.79 Å². The summed E-state index contributed by atoms with van der Waals surface area (Å²) in [4.78, 5) is 11.5. The Balaban J connectivity index is 3.15. The number of halogens is 1. The number of hydrogen-bond acceptors (Lipinski definition) is 3. The van der Waals surface area contributed by atoms with Gasteiger partial charge in [0.05, 0.1) is 24.7 Å². The Labute approximate surface area is 112 Å². The Morgan fingerprint density at radius 1 is 1.39 bits per heavy atom. The van der Waals surface area contributed by atoms with E-state index in [0.717, 1.165) is 23.1 Å². The maximum Gasteiger partial charge on any atom is 0.310 e. The summed E-state index contributed by atoms with van der Waals surface area (Å²) in [5.74, 6) is 0.0666. The number of esters is 1. The van der Waals surface area contributed by atoms with Gasteiger partial charge in [0.1, 0.15) is 0 Å². The monoisotopic (exact) mass is 265 g/mol. The number of rotatable bonds is 5. The molecule has 1 aromatic carbocycles. The van der Waals surface area contributed by atoms with Gasteiger partial charge in [-0.05, 0) is 42.2 Å². The fraction of sp³-hybridized carbons (Fsp3) is 0.429. The van der Waals surface area contributed by atoms with Crippen LogP contribution in [0.5, 0.6) is 0 Å². The summed E-state index contributed by atoms with van der Waals surface area (Å²) < 4.78 is 4.94. The molecule has 3 nitrogen and oxygen atoms in total. The number of nitrogens with zero attached hydrogens (tertiary/aromatic N) is 1. The van der Waals surface area contributed by atoms with Crippen molar-refractivity contribution < 1.29 is 9.53 Å². The van der Waals surface area contributed by atoms with E-state index in [-0.39, 0.29) is 12.4 Å². The van der Waals surface area contributed by atoms with Gasteiger partial charge in [0.2, 0.25) is 0 Å². The zero-order valence-corrected chi connectivity index (χ0v) is 11.4. The van der Waals surface area contributed by atoms with Crippen molar-refractivity contribution in [3.8, 4) is 6.07 Å². The number of alkyl halides is 1. The number of nitriles is 1. The molecule has 0 aromatic heterocycles. The number of hydrogen-bond donors (Lipinski definition) is 0. The fourth-order valence-electron chi connectivity index (χ4n) is 1.96. The second-order valence-corrected chi connectivity index (χ2v) is 4.12. The molecule has 0 aliphatic carbocycles. The van der Waals surface area contributed by atoms with Crippen molar-refractivity contribution in [1.29, 1.82) is 5.26 Å². The first-order chi connectivity index (χ1) is 8.65. The van der Waals surface area contributed by atoms with E-state index in [0.29, 0.717) is 18.1 Å². The van der Waals surface area contributed by atoms with Gasteiger partial charge in [0.15, 0.2) is 0 Å². The summed E-state index contributed by atoms with van der Waals surface area (Å²) in [6.07, 6.45) is 0.971. The molecule has 0 saturated heterocycles. The molecular weight excluding hydrogens is 250 g/mol. The highest BCUT2D eigenvalue weighted by atomic mass is 35.5. The third kappa shape index (κ3) is 3.48. The molecule has 0 atom stereocenters. The summed E-state index contributed by atoms with van der Waals surface area (Å²) in [7, 11) is 0. The molecule has 0 heterocycles. The lowest BCUT2D eigenvalue weighted by atomic mass is 9.95. The van der Waals surface area contributed by atoms with Gasteiger partial charge in [-0.15, -0.1) is 11.6 Å². The van der Waals surface area contributed by atoms with Crippen LogP contribution in [-0.4, -0.2) is 12.6 Å². The van der Waals surface area contributed by atoms with Gasteiger partial charge in [-0.1, -0.05) is 6.92 Å². The highest BCUT2D eigenvalue weighted by Gasteiger charge is 2.13. The lowest BCUT2D eigenvalue weighted by molar-refractivity contribution is -0.142. The maximum absolute atomic E-state index is 11.5. The van der Waals surface area contributed by atoms with Crippen LogP contribution in [0.1, 0.15) is 36.1 Å². The maximum atomic E-state index is 11.5. The van der Waals surface area contributed by atoms with E-state index in [4.69, 9.17) is 21.6 Å². The Morgan fingerprint density at radius 3 is 2.56 bits per heavy atom. The van der Waals surface area contributed by atoms with Crippen molar-refractivity contribution in [2.24, 2.45) is 0 Å². The second kappa shape index (κ2) is 7.03. The first kappa shape index (κ1) is 14.5. The van der Waals surface area contributed by atoms with Gasteiger partial charge in [-0.3, -0.25) is 4.79 Å². The van der Waals surface area contributed by atoms with Crippen LogP contribution in [0.25, 0.3) is 0 Å². The van der Waals surface area contributed by atoms with Gasteiger partial charge in [-0.25, -0.2) is 0 Å². The van der Waals surface area contributed by atoms with Gasteiger partial charge in [0, 0.05) is 5.88 Å². The average molecular weight is 266 g/mol. The molecule has 96 valence electrons. The minimum Gasteiger partial charge on any atom is -0.466 e. The van der Waals surface area contributed by atoms with E-state index in [1.165, 1.54) is 0 Å². The molecule has 0 amide bonds. The molecule has 0 spiro atoms. The smallest absolute Gasteiger partial charge is 0.310 e. The number of carbonyl (C=O) groups is 1. The number of benzene rings is 1. The molecule has 4 heteroatoms. The minimum atomic E-state index is -0.275. The van der Waals surface area contributed by atoms with Crippen LogP contribution in [0.2, 0.25) is 0 Å². The molecule has 18 heavy (non-hydrogen) atoms. The van der Waals surface area contributed by atoms with Crippen molar-refractivity contribution in [3.05, 3.63) is 34.4 Å². The van der Waals surface area contributed by atoms with Crippen LogP contribution in [-0.2, 0) is 28.3 Å². The molecule has 0 aliphatic rings. The van der Waals surface area contributed by atoms with Gasteiger partial charge in [0.25, 0.3) is 0 Å². The largest absolute Gasteiger partial charge is 0.466 e. The summed E-state index contributed by atoms with van der Waals surface area (Å²) in [6, 6.07) is 5.61. The highest BCUT2D eigenvalue weighted by Crippen LogP contribution is 2.21. The molecule has 0 N–H and O–H groups in total. The van der Waals surface area contributed by atoms with Gasteiger partial charge < -0.3 is 4.74 Å². The number of carbonyl (C=O) groups excluding carboxylic acids is 1. The number of ether oxygens (including phenoxy) is 1. The van der Waals surface area contributed by atoms with Crippen LogP contribution < -0.4 is 0 Å². The van der Waals surface area contributed by atoms with Crippen molar-refractivity contribution in [3.63, 3.8) is 0 Å². The molecule has 0 fully saturated rings. The Morgan fingerprint density at radius 2 is 2.06 bits per heavy atom. The SMILES string of the molecule is CCOC(=O)Cc1cc(C#N)cc(CCl)c1CC. The lowest BCUT2D eigenvalue weighted by Crippen LogP contribution is -2.10. The van der Waals surface area contributed by atoms with E-state index >= 15 is 0 Å². The Bertz CT molecular complexity index is 477. The normalized spacial score (nSPS) is 9.89.